The Morgan fingerprint density at radius 1 is 0.970 bits per heavy atom. The van der Waals surface area contributed by atoms with Gasteiger partial charge in [0.25, 0.3) is 5.91 Å². The van der Waals surface area contributed by atoms with Crippen molar-refractivity contribution in [2.75, 3.05) is 26.3 Å². The van der Waals surface area contributed by atoms with Crippen LogP contribution in [0.15, 0.2) is 83.8 Å². The van der Waals surface area contributed by atoms with Crippen molar-refractivity contribution in [3.05, 3.63) is 101 Å². The van der Waals surface area contributed by atoms with Crippen molar-refractivity contribution in [1.29, 1.82) is 0 Å². The second-order valence-corrected chi connectivity index (χ2v) is 9.69. The fourth-order valence-corrected chi connectivity index (χ4v) is 5.30. The molecule has 1 fully saturated rings. The number of ether oxygens (including phenoxy) is 1. The zero-order chi connectivity index (χ0) is 23.3. The van der Waals surface area contributed by atoms with Gasteiger partial charge in [-0.2, -0.15) is 4.31 Å². The van der Waals surface area contributed by atoms with Crippen LogP contribution in [0.2, 0.25) is 0 Å². The summed E-state index contributed by atoms with van der Waals surface area (Å²) in [5, 5.41) is 2.99. The van der Waals surface area contributed by atoms with E-state index in [4.69, 9.17) is 4.74 Å². The van der Waals surface area contributed by atoms with Gasteiger partial charge in [0, 0.05) is 18.7 Å². The summed E-state index contributed by atoms with van der Waals surface area (Å²) < 4.78 is 46.8. The van der Waals surface area contributed by atoms with E-state index < -0.39 is 26.6 Å². The first-order valence-corrected chi connectivity index (χ1v) is 12.2. The standard InChI is InChI=1S/C25H25FN2O4S/c26-22-12-11-21(18-24(22)33(30,31)28-13-15-32-16-14-28)25(29)27-23(20-9-5-2-6-10-20)17-19-7-3-1-4-8-19/h1-12,18,23H,13-17H2,(H,27,29). The number of nitrogens with one attached hydrogen (secondary N) is 1. The minimum absolute atomic E-state index is 0.0808. The minimum atomic E-state index is -4.08. The van der Waals surface area contributed by atoms with Crippen LogP contribution in [-0.2, 0) is 21.2 Å². The Kier molecular flexibility index (Phi) is 7.17. The van der Waals surface area contributed by atoms with E-state index >= 15 is 0 Å². The van der Waals surface area contributed by atoms with Crippen LogP contribution in [0.4, 0.5) is 4.39 Å². The highest BCUT2D eigenvalue weighted by Crippen LogP contribution is 2.23. The number of benzene rings is 3. The van der Waals surface area contributed by atoms with Gasteiger partial charge in [0.2, 0.25) is 10.0 Å². The lowest BCUT2D eigenvalue weighted by atomic mass is 9.98. The van der Waals surface area contributed by atoms with Gasteiger partial charge >= 0.3 is 0 Å². The van der Waals surface area contributed by atoms with Crippen LogP contribution in [0.3, 0.4) is 0 Å². The number of hydrogen-bond acceptors (Lipinski definition) is 4. The summed E-state index contributed by atoms with van der Waals surface area (Å²) in [6.45, 7) is 0.787. The number of amides is 1. The molecule has 1 unspecified atom stereocenters. The van der Waals surface area contributed by atoms with E-state index in [2.05, 4.69) is 5.32 Å². The molecular weight excluding hydrogens is 443 g/mol. The first kappa shape index (κ1) is 23.1. The molecule has 0 spiro atoms. The zero-order valence-electron chi connectivity index (χ0n) is 18.0. The molecule has 0 aliphatic carbocycles. The molecule has 8 heteroatoms. The van der Waals surface area contributed by atoms with Gasteiger partial charge in [-0.25, -0.2) is 12.8 Å². The number of rotatable bonds is 7. The summed E-state index contributed by atoms with van der Waals surface area (Å²) in [6, 6.07) is 22.4. The topological polar surface area (TPSA) is 75.7 Å². The monoisotopic (exact) mass is 468 g/mol. The minimum Gasteiger partial charge on any atom is -0.379 e. The highest BCUT2D eigenvalue weighted by atomic mass is 32.2. The van der Waals surface area contributed by atoms with Crippen molar-refractivity contribution in [3.8, 4) is 0 Å². The average Bonchev–Trinajstić information content (AvgIpc) is 2.85. The number of sulfonamides is 1. The van der Waals surface area contributed by atoms with Crippen molar-refractivity contribution in [3.63, 3.8) is 0 Å². The second kappa shape index (κ2) is 10.2. The molecule has 33 heavy (non-hydrogen) atoms. The van der Waals surface area contributed by atoms with E-state index in [0.717, 1.165) is 23.3 Å². The summed E-state index contributed by atoms with van der Waals surface area (Å²) in [6.07, 6.45) is 0.552. The van der Waals surface area contributed by atoms with Gasteiger partial charge in [0.1, 0.15) is 10.7 Å². The summed E-state index contributed by atoms with van der Waals surface area (Å²) in [4.78, 5) is 12.6. The van der Waals surface area contributed by atoms with Gasteiger partial charge in [0.05, 0.1) is 19.3 Å². The van der Waals surface area contributed by atoms with Gasteiger partial charge in [0.15, 0.2) is 0 Å². The summed E-state index contributed by atoms with van der Waals surface area (Å²) in [5.41, 5.74) is 2.04. The Morgan fingerprint density at radius 2 is 1.61 bits per heavy atom. The largest absolute Gasteiger partial charge is 0.379 e. The van der Waals surface area contributed by atoms with Crippen LogP contribution in [0.1, 0.15) is 27.5 Å². The maximum atomic E-state index is 14.5. The molecule has 0 aromatic heterocycles. The molecule has 1 aliphatic rings. The molecule has 1 amide bonds. The Balaban J connectivity index is 1.60. The lowest BCUT2D eigenvalue weighted by Crippen LogP contribution is -2.41. The maximum Gasteiger partial charge on any atom is 0.251 e. The Labute approximate surface area is 193 Å². The van der Waals surface area contributed by atoms with Crippen LogP contribution in [-0.4, -0.2) is 44.9 Å². The quantitative estimate of drug-likeness (QED) is 0.575. The van der Waals surface area contributed by atoms with Crippen LogP contribution in [0, 0.1) is 5.82 Å². The Hall–Kier alpha value is -3.07. The first-order chi connectivity index (χ1) is 15.9. The van der Waals surface area contributed by atoms with E-state index in [9.17, 15) is 17.6 Å². The highest BCUT2D eigenvalue weighted by molar-refractivity contribution is 7.89. The van der Waals surface area contributed by atoms with Gasteiger partial charge in [-0.3, -0.25) is 4.79 Å². The predicted octanol–water partition coefficient (Wildman–Crippen LogP) is 3.56. The Morgan fingerprint density at radius 3 is 2.27 bits per heavy atom. The molecule has 6 nitrogen and oxygen atoms in total. The SMILES string of the molecule is O=C(NC(Cc1ccccc1)c1ccccc1)c1ccc(F)c(S(=O)(=O)N2CCOCC2)c1. The van der Waals surface area contributed by atoms with Crippen molar-refractivity contribution >= 4 is 15.9 Å². The van der Waals surface area contributed by atoms with Crippen molar-refractivity contribution in [1.82, 2.24) is 9.62 Å². The molecule has 172 valence electrons. The number of hydrogen-bond donors (Lipinski definition) is 1. The summed E-state index contributed by atoms with van der Waals surface area (Å²) in [5.74, 6) is -1.36. The van der Waals surface area contributed by atoms with E-state index in [0.29, 0.717) is 6.42 Å². The average molecular weight is 469 g/mol. The zero-order valence-corrected chi connectivity index (χ0v) is 18.8. The number of halogens is 1. The molecular formula is C25H25FN2O4S. The smallest absolute Gasteiger partial charge is 0.251 e. The van der Waals surface area contributed by atoms with E-state index in [1.54, 1.807) is 0 Å². The lowest BCUT2D eigenvalue weighted by molar-refractivity contribution is 0.0729. The number of carbonyl (C=O) groups excluding carboxylic acids is 1. The lowest BCUT2D eigenvalue weighted by Gasteiger charge is -2.26. The molecule has 0 radical (unpaired) electrons. The van der Waals surface area contributed by atoms with Crippen molar-refractivity contribution in [2.24, 2.45) is 0 Å². The van der Waals surface area contributed by atoms with Gasteiger partial charge in [-0.05, 0) is 35.7 Å². The normalized spacial score (nSPS) is 15.7. The van der Waals surface area contributed by atoms with Crippen LogP contribution >= 0.6 is 0 Å². The second-order valence-electron chi connectivity index (χ2n) is 7.79. The molecule has 1 N–H and O–H groups in total. The van der Waals surface area contributed by atoms with Gasteiger partial charge < -0.3 is 10.1 Å². The van der Waals surface area contributed by atoms with Crippen LogP contribution < -0.4 is 5.32 Å². The fraction of sp³-hybridized carbons (Fsp3) is 0.240. The molecule has 3 aromatic carbocycles. The Bertz CT molecular complexity index is 1200. The fourth-order valence-electron chi connectivity index (χ4n) is 3.80. The third kappa shape index (κ3) is 5.47. The number of carbonyl (C=O) groups is 1. The predicted molar refractivity (Wildman–Crippen MR) is 123 cm³/mol. The van der Waals surface area contributed by atoms with Crippen LogP contribution in [0.5, 0.6) is 0 Å². The summed E-state index contributed by atoms with van der Waals surface area (Å²) >= 11 is 0. The molecule has 4 rings (SSSR count). The third-order valence-electron chi connectivity index (χ3n) is 5.57. The third-order valence-corrected chi connectivity index (χ3v) is 7.48. The van der Waals surface area contributed by atoms with E-state index in [1.165, 1.54) is 10.4 Å². The maximum absolute atomic E-state index is 14.5. The van der Waals surface area contributed by atoms with Gasteiger partial charge in [-0.15, -0.1) is 0 Å². The van der Waals surface area contributed by atoms with E-state index in [-0.39, 0.29) is 37.9 Å². The molecule has 0 bridgehead atoms. The number of morpholine rings is 1. The molecule has 1 aliphatic heterocycles. The van der Waals surface area contributed by atoms with E-state index in [1.807, 2.05) is 60.7 Å². The van der Waals surface area contributed by atoms with Crippen LogP contribution in [0.25, 0.3) is 0 Å². The molecule has 1 heterocycles. The number of nitrogens with zero attached hydrogens (tertiary/aromatic N) is 1. The molecule has 1 saturated heterocycles. The molecule has 0 saturated carbocycles. The van der Waals surface area contributed by atoms with Crippen molar-refractivity contribution < 1.29 is 22.3 Å². The molecule has 3 aromatic rings. The summed E-state index contributed by atoms with van der Waals surface area (Å²) in [7, 11) is -4.08. The highest BCUT2D eigenvalue weighted by Gasteiger charge is 2.30. The molecule has 1 atom stereocenters. The van der Waals surface area contributed by atoms with Crippen molar-refractivity contribution in [2.45, 2.75) is 17.4 Å². The van der Waals surface area contributed by atoms with Gasteiger partial charge in [-0.1, -0.05) is 60.7 Å². The first-order valence-electron chi connectivity index (χ1n) is 10.7.